The van der Waals surface area contributed by atoms with Gasteiger partial charge in [-0.3, -0.25) is 9.59 Å². The first kappa shape index (κ1) is 16.9. The Morgan fingerprint density at radius 2 is 2.20 bits per heavy atom. The average Bonchev–Trinajstić information content (AvgIpc) is 2.44. The molecule has 116 valence electrons. The van der Waals surface area contributed by atoms with Gasteiger partial charge in [-0.05, 0) is 37.8 Å². The fourth-order valence-electron chi connectivity index (χ4n) is 2.56. The molecule has 3 unspecified atom stereocenters. The molecule has 1 heterocycles. The highest BCUT2D eigenvalue weighted by Crippen LogP contribution is 2.22. The van der Waals surface area contributed by atoms with Crippen LogP contribution in [0.25, 0.3) is 0 Å². The molecule has 1 aliphatic rings. The van der Waals surface area contributed by atoms with Gasteiger partial charge in [0.2, 0.25) is 5.91 Å². The second-order valence-corrected chi connectivity index (χ2v) is 5.55. The average molecular weight is 286 g/mol. The van der Waals surface area contributed by atoms with Crippen LogP contribution in [0.3, 0.4) is 0 Å². The molecule has 1 rings (SSSR count). The van der Waals surface area contributed by atoms with E-state index < -0.39 is 12.1 Å². The summed E-state index contributed by atoms with van der Waals surface area (Å²) in [7, 11) is 1.45. The maximum atomic E-state index is 11.9. The van der Waals surface area contributed by atoms with Crippen LogP contribution in [0.2, 0.25) is 0 Å². The van der Waals surface area contributed by atoms with Crippen molar-refractivity contribution in [3.05, 3.63) is 0 Å². The van der Waals surface area contributed by atoms with Crippen LogP contribution in [0.15, 0.2) is 0 Å². The van der Waals surface area contributed by atoms with Crippen molar-refractivity contribution < 1.29 is 19.4 Å². The third-order valence-corrected chi connectivity index (χ3v) is 3.91. The number of nitrogens with one attached hydrogen (secondary N) is 2. The van der Waals surface area contributed by atoms with E-state index in [-0.39, 0.29) is 18.9 Å². The minimum absolute atomic E-state index is 0.0319. The molecule has 1 aliphatic heterocycles. The van der Waals surface area contributed by atoms with E-state index in [0.717, 1.165) is 13.1 Å². The van der Waals surface area contributed by atoms with E-state index in [1.165, 1.54) is 20.0 Å². The normalized spacial score (nSPS) is 22.0. The number of rotatable bonds is 8. The number of carbonyl (C=O) groups excluding carboxylic acids is 1. The Labute approximate surface area is 120 Å². The lowest BCUT2D eigenvalue weighted by atomic mass is 9.85. The molecule has 0 aromatic rings. The SMILES string of the molecule is COC(CNC(=O)CC(C)C1CCCNC1)CC(=O)O. The Morgan fingerprint density at radius 3 is 2.75 bits per heavy atom. The van der Waals surface area contributed by atoms with Gasteiger partial charge in [-0.2, -0.15) is 0 Å². The molecule has 0 bridgehead atoms. The van der Waals surface area contributed by atoms with Crippen molar-refractivity contribution in [2.75, 3.05) is 26.7 Å². The molecule has 1 saturated heterocycles. The van der Waals surface area contributed by atoms with Gasteiger partial charge < -0.3 is 20.5 Å². The first-order valence-corrected chi connectivity index (χ1v) is 7.25. The lowest BCUT2D eigenvalue weighted by Gasteiger charge is -2.28. The van der Waals surface area contributed by atoms with E-state index in [9.17, 15) is 9.59 Å². The Kier molecular flexibility index (Phi) is 7.54. The van der Waals surface area contributed by atoms with Crippen molar-refractivity contribution >= 4 is 11.9 Å². The van der Waals surface area contributed by atoms with Crippen LogP contribution in [0, 0.1) is 11.8 Å². The number of amides is 1. The van der Waals surface area contributed by atoms with Gasteiger partial charge >= 0.3 is 5.97 Å². The van der Waals surface area contributed by atoms with E-state index in [1.54, 1.807) is 0 Å². The highest BCUT2D eigenvalue weighted by Gasteiger charge is 2.22. The van der Waals surface area contributed by atoms with Crippen LogP contribution in [0.5, 0.6) is 0 Å². The summed E-state index contributed by atoms with van der Waals surface area (Å²) in [6, 6.07) is 0. The van der Waals surface area contributed by atoms with Gasteiger partial charge in [-0.25, -0.2) is 0 Å². The number of hydrogen-bond donors (Lipinski definition) is 3. The smallest absolute Gasteiger partial charge is 0.306 e. The highest BCUT2D eigenvalue weighted by atomic mass is 16.5. The van der Waals surface area contributed by atoms with E-state index in [0.29, 0.717) is 18.3 Å². The second-order valence-electron chi connectivity index (χ2n) is 5.55. The first-order valence-electron chi connectivity index (χ1n) is 7.25. The van der Waals surface area contributed by atoms with E-state index in [2.05, 4.69) is 17.6 Å². The van der Waals surface area contributed by atoms with Crippen molar-refractivity contribution in [1.29, 1.82) is 0 Å². The number of carboxylic acids is 1. The molecule has 1 fully saturated rings. The number of methoxy groups -OCH3 is 1. The summed E-state index contributed by atoms with van der Waals surface area (Å²) < 4.78 is 5.03. The van der Waals surface area contributed by atoms with Crippen molar-refractivity contribution in [2.45, 2.75) is 38.7 Å². The van der Waals surface area contributed by atoms with Gasteiger partial charge in [0.15, 0.2) is 0 Å². The Morgan fingerprint density at radius 1 is 1.45 bits per heavy atom. The monoisotopic (exact) mass is 286 g/mol. The fourth-order valence-corrected chi connectivity index (χ4v) is 2.56. The van der Waals surface area contributed by atoms with E-state index >= 15 is 0 Å². The van der Waals surface area contributed by atoms with Gasteiger partial charge in [0.1, 0.15) is 0 Å². The number of ether oxygens (including phenoxy) is 1. The first-order chi connectivity index (χ1) is 9.52. The van der Waals surface area contributed by atoms with Crippen LogP contribution in [0.4, 0.5) is 0 Å². The van der Waals surface area contributed by atoms with Crippen molar-refractivity contribution in [3.63, 3.8) is 0 Å². The topological polar surface area (TPSA) is 87.7 Å². The molecule has 3 N–H and O–H groups in total. The lowest BCUT2D eigenvalue weighted by molar-refractivity contribution is -0.140. The summed E-state index contributed by atoms with van der Waals surface area (Å²) in [6.07, 6.45) is 2.25. The van der Waals surface area contributed by atoms with Gasteiger partial charge in [-0.1, -0.05) is 6.92 Å². The minimum Gasteiger partial charge on any atom is -0.481 e. The molecule has 0 aromatic carbocycles. The molecule has 0 spiro atoms. The summed E-state index contributed by atoms with van der Waals surface area (Å²) in [4.78, 5) is 22.5. The molecule has 0 aromatic heterocycles. The summed E-state index contributed by atoms with van der Waals surface area (Å²) in [5.74, 6) is -0.0710. The molecule has 0 aliphatic carbocycles. The predicted octanol–water partition coefficient (Wildman–Crippen LogP) is 0.618. The summed E-state index contributed by atoms with van der Waals surface area (Å²) in [6.45, 7) is 4.40. The zero-order chi connectivity index (χ0) is 15.0. The number of carboxylic acid groups (broad SMARTS) is 1. The van der Waals surface area contributed by atoms with Crippen molar-refractivity contribution in [1.82, 2.24) is 10.6 Å². The summed E-state index contributed by atoms with van der Waals surface area (Å²) in [5, 5.41) is 14.8. The zero-order valence-corrected chi connectivity index (χ0v) is 12.4. The molecule has 3 atom stereocenters. The fraction of sp³-hybridized carbons (Fsp3) is 0.857. The van der Waals surface area contributed by atoms with Crippen LogP contribution in [-0.2, 0) is 14.3 Å². The number of piperidine rings is 1. The largest absolute Gasteiger partial charge is 0.481 e. The van der Waals surface area contributed by atoms with Gasteiger partial charge in [0, 0.05) is 20.1 Å². The third-order valence-electron chi connectivity index (χ3n) is 3.91. The number of aliphatic carboxylic acids is 1. The molecule has 0 radical (unpaired) electrons. The Balaban J connectivity index is 2.26. The van der Waals surface area contributed by atoms with Crippen LogP contribution < -0.4 is 10.6 Å². The van der Waals surface area contributed by atoms with E-state index in [1.807, 2.05) is 0 Å². The number of carbonyl (C=O) groups is 2. The lowest BCUT2D eigenvalue weighted by Crippen LogP contribution is -2.38. The molecule has 6 heteroatoms. The molecule has 20 heavy (non-hydrogen) atoms. The van der Waals surface area contributed by atoms with Crippen molar-refractivity contribution in [2.24, 2.45) is 11.8 Å². The third kappa shape index (κ3) is 6.34. The Bertz CT molecular complexity index is 316. The van der Waals surface area contributed by atoms with Gasteiger partial charge in [0.05, 0.1) is 12.5 Å². The Hall–Kier alpha value is -1.14. The molecule has 0 saturated carbocycles. The van der Waals surface area contributed by atoms with Gasteiger partial charge in [0.25, 0.3) is 0 Å². The minimum atomic E-state index is -0.923. The second kappa shape index (κ2) is 8.92. The molecular weight excluding hydrogens is 260 g/mol. The standard InChI is InChI=1S/C14H26N2O4/c1-10(11-4-3-5-15-8-11)6-13(17)16-9-12(20-2)7-14(18)19/h10-12,15H,3-9H2,1-2H3,(H,16,17)(H,18,19). The van der Waals surface area contributed by atoms with Crippen molar-refractivity contribution in [3.8, 4) is 0 Å². The van der Waals surface area contributed by atoms with E-state index in [4.69, 9.17) is 9.84 Å². The number of hydrogen-bond acceptors (Lipinski definition) is 4. The molecule has 6 nitrogen and oxygen atoms in total. The maximum absolute atomic E-state index is 11.9. The zero-order valence-electron chi connectivity index (χ0n) is 12.4. The molecule has 1 amide bonds. The predicted molar refractivity (Wildman–Crippen MR) is 75.4 cm³/mol. The molecular formula is C14H26N2O4. The van der Waals surface area contributed by atoms with Crippen LogP contribution in [-0.4, -0.2) is 49.8 Å². The summed E-state index contributed by atoms with van der Waals surface area (Å²) in [5.41, 5.74) is 0. The highest BCUT2D eigenvalue weighted by molar-refractivity contribution is 5.76. The van der Waals surface area contributed by atoms with Crippen LogP contribution in [0.1, 0.15) is 32.6 Å². The maximum Gasteiger partial charge on any atom is 0.306 e. The van der Waals surface area contributed by atoms with Crippen LogP contribution >= 0.6 is 0 Å². The van der Waals surface area contributed by atoms with Gasteiger partial charge in [-0.15, -0.1) is 0 Å². The summed E-state index contributed by atoms with van der Waals surface area (Å²) >= 11 is 0. The quantitative estimate of drug-likeness (QED) is 0.609.